The molecule has 1 saturated carbocycles. The summed E-state index contributed by atoms with van der Waals surface area (Å²) in [5, 5.41) is 9.09. The second-order valence-electron chi connectivity index (χ2n) is 4.92. The van der Waals surface area contributed by atoms with Crippen molar-refractivity contribution in [3.05, 3.63) is 17.5 Å². The predicted octanol–water partition coefficient (Wildman–Crippen LogP) is 1.27. The van der Waals surface area contributed by atoms with Gasteiger partial charge in [-0.2, -0.15) is 0 Å². The van der Waals surface area contributed by atoms with E-state index in [-0.39, 0.29) is 6.61 Å². The maximum absolute atomic E-state index is 9.09. The Morgan fingerprint density at radius 3 is 2.94 bits per heavy atom. The van der Waals surface area contributed by atoms with E-state index in [1.807, 2.05) is 6.92 Å². The van der Waals surface area contributed by atoms with Gasteiger partial charge < -0.3 is 10.0 Å². The smallest absolute Gasteiger partial charge is 0.225 e. The first-order chi connectivity index (χ1) is 7.78. The molecule has 2 heterocycles. The number of aryl methyl sites for hydroxylation is 1. The van der Waals surface area contributed by atoms with E-state index in [0.717, 1.165) is 29.7 Å². The molecule has 4 heteroatoms. The molecule has 1 aromatic heterocycles. The van der Waals surface area contributed by atoms with Gasteiger partial charge in [-0.05, 0) is 32.1 Å². The lowest BCUT2D eigenvalue weighted by atomic mass is 10.1. The number of aliphatic hydroxyl groups is 1. The van der Waals surface area contributed by atoms with E-state index in [1.165, 1.54) is 19.3 Å². The number of hydrogen-bond acceptors (Lipinski definition) is 4. The highest BCUT2D eigenvalue weighted by Crippen LogP contribution is 2.38. The Kier molecular flexibility index (Phi) is 2.32. The molecule has 0 spiro atoms. The van der Waals surface area contributed by atoms with Gasteiger partial charge in [0.05, 0.1) is 6.61 Å². The molecule has 16 heavy (non-hydrogen) atoms. The third-order valence-corrected chi connectivity index (χ3v) is 3.90. The van der Waals surface area contributed by atoms with Crippen molar-refractivity contribution >= 4 is 5.95 Å². The minimum atomic E-state index is 0.0260. The van der Waals surface area contributed by atoms with Crippen molar-refractivity contribution in [2.45, 2.75) is 38.8 Å². The summed E-state index contributed by atoms with van der Waals surface area (Å²) in [6.07, 6.45) is 5.72. The van der Waals surface area contributed by atoms with Gasteiger partial charge in [-0.25, -0.2) is 9.97 Å². The van der Waals surface area contributed by atoms with E-state index in [9.17, 15) is 0 Å². The number of aliphatic hydroxyl groups excluding tert-OH is 1. The zero-order chi connectivity index (χ0) is 11.1. The number of rotatable bonds is 2. The molecule has 1 N–H and O–H groups in total. The molecule has 0 amide bonds. The van der Waals surface area contributed by atoms with Crippen molar-refractivity contribution in [1.29, 1.82) is 0 Å². The molecule has 0 radical (unpaired) electrons. The van der Waals surface area contributed by atoms with Crippen LogP contribution in [0.5, 0.6) is 0 Å². The molecular formula is C12H17N3O. The van der Waals surface area contributed by atoms with Gasteiger partial charge in [0.1, 0.15) is 0 Å². The zero-order valence-corrected chi connectivity index (χ0v) is 9.56. The minimum absolute atomic E-state index is 0.0260. The highest BCUT2D eigenvalue weighted by Gasteiger charge is 2.38. The average Bonchev–Trinajstić information content (AvgIpc) is 2.90. The molecule has 1 aliphatic carbocycles. The molecule has 4 nitrogen and oxygen atoms in total. The summed E-state index contributed by atoms with van der Waals surface area (Å²) in [4.78, 5) is 11.2. The maximum Gasteiger partial charge on any atom is 0.225 e. The molecular weight excluding hydrogens is 202 g/mol. The van der Waals surface area contributed by atoms with Gasteiger partial charge >= 0.3 is 0 Å². The molecule has 2 unspecified atom stereocenters. The van der Waals surface area contributed by atoms with Crippen LogP contribution < -0.4 is 4.90 Å². The fourth-order valence-electron chi connectivity index (χ4n) is 2.94. The summed E-state index contributed by atoms with van der Waals surface area (Å²) in [7, 11) is 0. The molecule has 2 bridgehead atoms. The van der Waals surface area contributed by atoms with Crippen LogP contribution in [0.25, 0.3) is 0 Å². The first kappa shape index (κ1) is 10.0. The van der Waals surface area contributed by atoms with Crippen LogP contribution in [0.1, 0.15) is 30.5 Å². The number of fused-ring (bicyclic) bond motifs is 2. The summed E-state index contributed by atoms with van der Waals surface area (Å²) < 4.78 is 0. The molecule has 2 fully saturated rings. The van der Waals surface area contributed by atoms with Gasteiger partial charge in [0.2, 0.25) is 5.95 Å². The van der Waals surface area contributed by atoms with Crippen molar-refractivity contribution in [3.8, 4) is 0 Å². The van der Waals surface area contributed by atoms with Gasteiger partial charge in [-0.15, -0.1) is 0 Å². The van der Waals surface area contributed by atoms with Crippen LogP contribution in [0.3, 0.4) is 0 Å². The van der Waals surface area contributed by atoms with E-state index in [2.05, 4.69) is 14.9 Å². The van der Waals surface area contributed by atoms with Gasteiger partial charge in [0, 0.05) is 30.0 Å². The van der Waals surface area contributed by atoms with Crippen molar-refractivity contribution in [2.24, 2.45) is 5.92 Å². The molecule has 1 saturated heterocycles. The standard InChI is InChI=1S/C12H17N3O/c1-8-10(7-16)5-13-12(14-8)15-6-9-2-3-11(15)4-9/h5,9,11,16H,2-4,6-7H2,1H3. The van der Waals surface area contributed by atoms with Crippen LogP contribution >= 0.6 is 0 Å². The first-order valence-electron chi connectivity index (χ1n) is 5.98. The lowest BCUT2D eigenvalue weighted by molar-refractivity contribution is 0.280. The van der Waals surface area contributed by atoms with Crippen LogP contribution in [-0.2, 0) is 6.61 Å². The topological polar surface area (TPSA) is 49.2 Å². The van der Waals surface area contributed by atoms with Gasteiger partial charge in [0.25, 0.3) is 0 Å². The Labute approximate surface area is 95.3 Å². The van der Waals surface area contributed by atoms with E-state index >= 15 is 0 Å². The minimum Gasteiger partial charge on any atom is -0.392 e. The Hall–Kier alpha value is -1.16. The van der Waals surface area contributed by atoms with Crippen LogP contribution in [0.15, 0.2) is 6.20 Å². The molecule has 0 aromatic carbocycles. The third kappa shape index (κ3) is 1.48. The summed E-state index contributed by atoms with van der Waals surface area (Å²) in [6, 6.07) is 0.657. The van der Waals surface area contributed by atoms with E-state index in [4.69, 9.17) is 5.11 Å². The van der Waals surface area contributed by atoms with Crippen molar-refractivity contribution in [1.82, 2.24) is 9.97 Å². The summed E-state index contributed by atoms with van der Waals surface area (Å²) in [5.74, 6) is 1.70. The Balaban J connectivity index is 1.87. The molecule has 2 aliphatic rings. The number of anilines is 1. The van der Waals surface area contributed by atoms with Gasteiger partial charge in [-0.3, -0.25) is 0 Å². The number of aromatic nitrogens is 2. The fourth-order valence-corrected chi connectivity index (χ4v) is 2.94. The number of hydrogen-bond donors (Lipinski definition) is 1. The zero-order valence-electron chi connectivity index (χ0n) is 9.56. The number of nitrogens with zero attached hydrogens (tertiary/aromatic N) is 3. The first-order valence-corrected chi connectivity index (χ1v) is 5.98. The Morgan fingerprint density at radius 1 is 1.50 bits per heavy atom. The highest BCUT2D eigenvalue weighted by atomic mass is 16.3. The summed E-state index contributed by atoms with van der Waals surface area (Å²) >= 11 is 0. The van der Waals surface area contributed by atoms with E-state index in [0.29, 0.717) is 6.04 Å². The average molecular weight is 219 g/mol. The SMILES string of the molecule is Cc1nc(N2CC3CCC2C3)ncc1CO. The summed E-state index contributed by atoms with van der Waals surface area (Å²) in [6.45, 7) is 3.08. The fraction of sp³-hybridized carbons (Fsp3) is 0.667. The Bertz CT molecular complexity index is 407. The largest absolute Gasteiger partial charge is 0.392 e. The van der Waals surface area contributed by atoms with Crippen LogP contribution in [0, 0.1) is 12.8 Å². The predicted molar refractivity (Wildman–Crippen MR) is 61.2 cm³/mol. The van der Waals surface area contributed by atoms with Crippen molar-refractivity contribution < 1.29 is 5.11 Å². The second-order valence-corrected chi connectivity index (χ2v) is 4.92. The molecule has 2 atom stereocenters. The van der Waals surface area contributed by atoms with E-state index in [1.54, 1.807) is 6.20 Å². The maximum atomic E-state index is 9.09. The quantitative estimate of drug-likeness (QED) is 0.813. The molecule has 1 aromatic rings. The number of piperidine rings is 1. The monoisotopic (exact) mass is 219 g/mol. The highest BCUT2D eigenvalue weighted by molar-refractivity contribution is 5.37. The van der Waals surface area contributed by atoms with Crippen LogP contribution in [0.4, 0.5) is 5.95 Å². The second kappa shape index (κ2) is 3.70. The third-order valence-electron chi connectivity index (χ3n) is 3.90. The van der Waals surface area contributed by atoms with Crippen LogP contribution in [0.2, 0.25) is 0 Å². The van der Waals surface area contributed by atoms with Gasteiger partial charge in [0.15, 0.2) is 0 Å². The summed E-state index contributed by atoms with van der Waals surface area (Å²) in [5.41, 5.74) is 1.73. The molecule has 86 valence electrons. The lowest BCUT2D eigenvalue weighted by Crippen LogP contribution is -2.33. The normalized spacial score (nSPS) is 27.8. The Morgan fingerprint density at radius 2 is 2.38 bits per heavy atom. The molecule has 1 aliphatic heterocycles. The lowest BCUT2D eigenvalue weighted by Gasteiger charge is -2.27. The molecule has 3 rings (SSSR count). The van der Waals surface area contributed by atoms with Crippen molar-refractivity contribution in [2.75, 3.05) is 11.4 Å². The van der Waals surface area contributed by atoms with Crippen LogP contribution in [-0.4, -0.2) is 27.7 Å². The van der Waals surface area contributed by atoms with E-state index < -0.39 is 0 Å². The van der Waals surface area contributed by atoms with Gasteiger partial charge in [-0.1, -0.05) is 0 Å². The van der Waals surface area contributed by atoms with Crippen molar-refractivity contribution in [3.63, 3.8) is 0 Å².